The predicted octanol–water partition coefficient (Wildman–Crippen LogP) is 3.57. The fourth-order valence-electron chi connectivity index (χ4n) is 1.59. The lowest BCUT2D eigenvalue weighted by Crippen LogP contribution is -2.02. The Bertz CT molecular complexity index is 502. The molecule has 0 amide bonds. The van der Waals surface area contributed by atoms with Gasteiger partial charge in [0.05, 0.1) is 11.1 Å². The first-order valence-corrected chi connectivity index (χ1v) is 6.39. The molecule has 0 aliphatic rings. The highest BCUT2D eigenvalue weighted by Gasteiger charge is 2.09. The number of pyridine rings is 1. The highest BCUT2D eigenvalue weighted by atomic mass is 79.9. The molecule has 0 spiro atoms. The summed E-state index contributed by atoms with van der Waals surface area (Å²) in [4.78, 5) is 4.26. The van der Waals surface area contributed by atoms with Crippen molar-refractivity contribution < 1.29 is 9.47 Å². The largest absolute Gasteiger partial charge is 0.486 e. The van der Waals surface area contributed by atoms with Gasteiger partial charge in [-0.1, -0.05) is 30.3 Å². The molecule has 0 bridgehead atoms. The first-order chi connectivity index (χ1) is 8.81. The standard InChI is InChI=1S/C14H14BrNO2/c1-17-10-13-14(12(15)7-8-16-13)18-9-11-5-3-2-4-6-11/h2-8H,9-10H2,1H3. The van der Waals surface area contributed by atoms with E-state index in [1.807, 2.05) is 36.4 Å². The zero-order chi connectivity index (χ0) is 12.8. The molecule has 0 aliphatic heterocycles. The molecule has 0 unspecified atom stereocenters. The zero-order valence-corrected chi connectivity index (χ0v) is 11.7. The molecule has 0 atom stereocenters. The molecule has 4 heteroatoms. The van der Waals surface area contributed by atoms with Crippen LogP contribution in [0.5, 0.6) is 5.75 Å². The van der Waals surface area contributed by atoms with Gasteiger partial charge < -0.3 is 9.47 Å². The molecule has 3 nitrogen and oxygen atoms in total. The Balaban J connectivity index is 2.13. The summed E-state index contributed by atoms with van der Waals surface area (Å²) >= 11 is 3.47. The molecule has 0 saturated carbocycles. The number of rotatable bonds is 5. The van der Waals surface area contributed by atoms with Crippen molar-refractivity contribution in [2.75, 3.05) is 7.11 Å². The van der Waals surface area contributed by atoms with Crippen LogP contribution in [-0.4, -0.2) is 12.1 Å². The van der Waals surface area contributed by atoms with Gasteiger partial charge in [0.2, 0.25) is 0 Å². The minimum absolute atomic E-state index is 0.434. The van der Waals surface area contributed by atoms with Crippen LogP contribution in [0.25, 0.3) is 0 Å². The highest BCUT2D eigenvalue weighted by Crippen LogP contribution is 2.28. The van der Waals surface area contributed by atoms with Gasteiger partial charge in [0.15, 0.2) is 5.75 Å². The summed E-state index contributed by atoms with van der Waals surface area (Å²) in [6.45, 7) is 0.950. The maximum atomic E-state index is 5.82. The van der Waals surface area contributed by atoms with E-state index in [9.17, 15) is 0 Å². The summed E-state index contributed by atoms with van der Waals surface area (Å²) in [6, 6.07) is 11.9. The average molecular weight is 308 g/mol. The van der Waals surface area contributed by atoms with E-state index in [1.165, 1.54) is 0 Å². The average Bonchev–Trinajstić information content (AvgIpc) is 2.40. The van der Waals surface area contributed by atoms with Crippen molar-refractivity contribution in [2.24, 2.45) is 0 Å². The van der Waals surface area contributed by atoms with Gasteiger partial charge in [-0.05, 0) is 27.6 Å². The molecule has 1 aromatic heterocycles. The Morgan fingerprint density at radius 2 is 1.89 bits per heavy atom. The maximum Gasteiger partial charge on any atom is 0.157 e. The van der Waals surface area contributed by atoms with E-state index in [2.05, 4.69) is 20.9 Å². The van der Waals surface area contributed by atoms with E-state index in [-0.39, 0.29) is 0 Å². The van der Waals surface area contributed by atoms with Crippen LogP contribution in [0.1, 0.15) is 11.3 Å². The van der Waals surface area contributed by atoms with Gasteiger partial charge in [-0.25, -0.2) is 0 Å². The number of hydrogen-bond acceptors (Lipinski definition) is 3. The van der Waals surface area contributed by atoms with Gasteiger partial charge in [0, 0.05) is 13.3 Å². The number of methoxy groups -OCH3 is 1. The molecule has 0 aliphatic carbocycles. The van der Waals surface area contributed by atoms with Gasteiger partial charge >= 0.3 is 0 Å². The van der Waals surface area contributed by atoms with Crippen molar-refractivity contribution in [3.8, 4) is 5.75 Å². The molecule has 2 rings (SSSR count). The van der Waals surface area contributed by atoms with E-state index in [0.717, 1.165) is 21.5 Å². The molecule has 1 aromatic carbocycles. The second kappa shape index (κ2) is 6.52. The van der Waals surface area contributed by atoms with Crippen molar-refractivity contribution in [2.45, 2.75) is 13.2 Å². The van der Waals surface area contributed by atoms with E-state index in [0.29, 0.717) is 13.2 Å². The third kappa shape index (κ3) is 3.31. The second-order valence-electron chi connectivity index (χ2n) is 3.78. The van der Waals surface area contributed by atoms with Crippen molar-refractivity contribution in [1.29, 1.82) is 0 Å². The van der Waals surface area contributed by atoms with Crippen LogP contribution in [-0.2, 0) is 18.0 Å². The number of halogens is 1. The van der Waals surface area contributed by atoms with E-state index < -0.39 is 0 Å². The molecule has 94 valence electrons. The third-order valence-corrected chi connectivity index (χ3v) is 3.06. The molecule has 0 N–H and O–H groups in total. The maximum absolute atomic E-state index is 5.82. The molecule has 1 heterocycles. The number of ether oxygens (including phenoxy) is 2. The minimum Gasteiger partial charge on any atom is -0.486 e. The van der Waals surface area contributed by atoms with Crippen LogP contribution in [0, 0.1) is 0 Å². The van der Waals surface area contributed by atoms with Crippen LogP contribution < -0.4 is 4.74 Å². The second-order valence-corrected chi connectivity index (χ2v) is 4.63. The third-order valence-electron chi connectivity index (χ3n) is 2.44. The summed E-state index contributed by atoms with van der Waals surface area (Å²) in [6.07, 6.45) is 1.73. The summed E-state index contributed by atoms with van der Waals surface area (Å²) in [5.74, 6) is 0.739. The monoisotopic (exact) mass is 307 g/mol. The lowest BCUT2D eigenvalue weighted by Gasteiger charge is -2.12. The van der Waals surface area contributed by atoms with E-state index in [4.69, 9.17) is 9.47 Å². The Kier molecular flexibility index (Phi) is 4.73. The van der Waals surface area contributed by atoms with Crippen molar-refractivity contribution in [3.63, 3.8) is 0 Å². The Hall–Kier alpha value is -1.39. The molecule has 2 aromatic rings. The molecular weight excluding hydrogens is 294 g/mol. The van der Waals surface area contributed by atoms with Gasteiger partial charge in [0.25, 0.3) is 0 Å². The fourth-order valence-corrected chi connectivity index (χ4v) is 2.05. The topological polar surface area (TPSA) is 31.4 Å². The quantitative estimate of drug-likeness (QED) is 0.846. The lowest BCUT2D eigenvalue weighted by atomic mass is 10.2. The van der Waals surface area contributed by atoms with E-state index >= 15 is 0 Å². The Labute approximate surface area is 115 Å². The van der Waals surface area contributed by atoms with E-state index in [1.54, 1.807) is 13.3 Å². The molecular formula is C14H14BrNO2. The van der Waals surface area contributed by atoms with Crippen LogP contribution in [0.4, 0.5) is 0 Å². The van der Waals surface area contributed by atoms with Crippen molar-refractivity contribution >= 4 is 15.9 Å². The summed E-state index contributed by atoms with van der Waals surface area (Å²) < 4.78 is 11.8. The summed E-state index contributed by atoms with van der Waals surface area (Å²) in [5.41, 5.74) is 1.92. The SMILES string of the molecule is COCc1nccc(Br)c1OCc1ccccc1. The highest BCUT2D eigenvalue weighted by molar-refractivity contribution is 9.10. The van der Waals surface area contributed by atoms with Gasteiger partial charge in [-0.2, -0.15) is 0 Å². The first-order valence-electron chi connectivity index (χ1n) is 5.60. The number of benzene rings is 1. The van der Waals surface area contributed by atoms with Gasteiger partial charge in [0.1, 0.15) is 12.3 Å². The number of nitrogens with zero attached hydrogens (tertiary/aromatic N) is 1. The molecule has 18 heavy (non-hydrogen) atoms. The van der Waals surface area contributed by atoms with Crippen LogP contribution in [0.3, 0.4) is 0 Å². The zero-order valence-electron chi connectivity index (χ0n) is 10.1. The lowest BCUT2D eigenvalue weighted by molar-refractivity contribution is 0.175. The molecule has 0 radical (unpaired) electrons. The summed E-state index contributed by atoms with van der Waals surface area (Å²) in [7, 11) is 1.64. The van der Waals surface area contributed by atoms with Gasteiger partial charge in [-0.3, -0.25) is 4.98 Å². The molecule has 0 saturated heterocycles. The van der Waals surface area contributed by atoms with Crippen LogP contribution >= 0.6 is 15.9 Å². The summed E-state index contributed by atoms with van der Waals surface area (Å²) in [5, 5.41) is 0. The van der Waals surface area contributed by atoms with Crippen LogP contribution in [0.15, 0.2) is 47.1 Å². The van der Waals surface area contributed by atoms with Gasteiger partial charge in [-0.15, -0.1) is 0 Å². The minimum atomic E-state index is 0.434. The molecule has 0 fully saturated rings. The van der Waals surface area contributed by atoms with Crippen molar-refractivity contribution in [3.05, 3.63) is 58.3 Å². The number of hydrogen-bond donors (Lipinski definition) is 0. The first kappa shape index (κ1) is 13.1. The smallest absolute Gasteiger partial charge is 0.157 e. The Morgan fingerprint density at radius 3 is 2.61 bits per heavy atom. The van der Waals surface area contributed by atoms with Crippen molar-refractivity contribution in [1.82, 2.24) is 4.98 Å². The van der Waals surface area contributed by atoms with Crippen LogP contribution in [0.2, 0.25) is 0 Å². The normalized spacial score (nSPS) is 10.3. The predicted molar refractivity (Wildman–Crippen MR) is 73.4 cm³/mol. The number of aromatic nitrogens is 1. The Morgan fingerprint density at radius 1 is 1.11 bits per heavy atom. The fraction of sp³-hybridized carbons (Fsp3) is 0.214.